The van der Waals surface area contributed by atoms with Crippen molar-refractivity contribution in [2.75, 3.05) is 11.1 Å². The van der Waals surface area contributed by atoms with Gasteiger partial charge in [0.1, 0.15) is 67.5 Å². The summed E-state index contributed by atoms with van der Waals surface area (Å²) >= 11 is 6.08. The molecule has 5 rings (SSSR count). The second-order valence-corrected chi connectivity index (χ2v) is 18.3. The molecule has 0 aliphatic rings. The summed E-state index contributed by atoms with van der Waals surface area (Å²) in [6, 6.07) is 4.01. The first-order chi connectivity index (χ1) is 26.5. The van der Waals surface area contributed by atoms with Crippen molar-refractivity contribution in [2.24, 2.45) is 20.5 Å². The number of aromatic nitrogens is 2. The van der Waals surface area contributed by atoms with Crippen LogP contribution in [0.5, 0.6) is 5.75 Å². The zero-order valence-corrected chi connectivity index (χ0v) is 51.0. The zero-order valence-electron chi connectivity index (χ0n) is 32.7. The van der Waals surface area contributed by atoms with Gasteiger partial charge in [0.2, 0.25) is 0 Å². The third-order valence-electron chi connectivity index (χ3n) is 7.33. The molecule has 0 fully saturated rings. The third kappa shape index (κ3) is 15.7. The number of halogens is 2. The zero-order chi connectivity index (χ0) is 43.5. The molecule has 1 aromatic heterocycles. The Bertz CT molecular complexity index is 3270. The monoisotopic (exact) mass is 1080 g/mol. The SMILES string of the molecule is Cc1nc(F)nc(Nc2ccc(S(=O)(=O)[O-])c(N=Nc3c(S(=O)(=O)O)cc4cc(S(=O)(=O)[O-])c(N=Nc5cc(S(=O)(=O)[O-])ccc5S(=O)(=O)[O-])c(N)c4c3[O-])c2)c1Cl.[K+].[K+].[K+].[Na+].[Na+]. The summed E-state index contributed by atoms with van der Waals surface area (Å²) in [7, 11) is -27.7. The topological polar surface area (TPSA) is 419 Å². The van der Waals surface area contributed by atoms with E-state index in [2.05, 4.69) is 35.7 Å². The number of nitrogens with one attached hydrogen (secondary N) is 1. The minimum atomic E-state index is -5.79. The number of hydrogen-bond donors (Lipinski definition) is 3. The molecule has 0 aliphatic carbocycles. The molecule has 0 radical (unpaired) electrons. The van der Waals surface area contributed by atoms with E-state index in [-0.39, 0.29) is 242 Å². The quantitative estimate of drug-likeness (QED) is 0.0363. The van der Waals surface area contributed by atoms with Crippen LogP contribution in [0.1, 0.15) is 5.69 Å². The predicted octanol–water partition coefficient (Wildman–Crippen LogP) is -12.2. The second kappa shape index (κ2) is 24.6. The molecule has 0 spiro atoms. The Hall–Kier alpha value is 1.50. The molecule has 36 heteroatoms. The van der Waals surface area contributed by atoms with Crippen LogP contribution in [0.4, 0.5) is 44.3 Å². The first-order valence-corrected chi connectivity index (χ1v) is 21.9. The van der Waals surface area contributed by atoms with E-state index in [4.69, 9.17) is 17.3 Å². The summed E-state index contributed by atoms with van der Waals surface area (Å²) in [6.45, 7) is 1.31. The van der Waals surface area contributed by atoms with Crippen LogP contribution in [0.15, 0.2) is 93.5 Å². The molecule has 0 atom stereocenters. The van der Waals surface area contributed by atoms with Crippen molar-refractivity contribution in [1.29, 1.82) is 0 Å². The first-order valence-electron chi connectivity index (χ1n) is 14.5. The number of fused-ring (bicyclic) bond motifs is 1. The van der Waals surface area contributed by atoms with E-state index < -0.39 is 126 Å². The molecule has 4 aromatic carbocycles. The molecule has 0 unspecified atom stereocenters. The van der Waals surface area contributed by atoms with Gasteiger partial charge in [0.15, 0.2) is 5.82 Å². The van der Waals surface area contributed by atoms with E-state index in [0.29, 0.717) is 30.3 Å². The molecule has 0 saturated carbocycles. The summed E-state index contributed by atoms with van der Waals surface area (Å²) in [4.78, 5) is 0.272. The van der Waals surface area contributed by atoms with E-state index in [9.17, 15) is 74.3 Å². The van der Waals surface area contributed by atoms with Gasteiger partial charge in [0.25, 0.3) is 10.1 Å². The van der Waals surface area contributed by atoms with E-state index in [0.717, 1.165) is 12.1 Å². The number of nitrogens with two attached hydrogens (primary N) is 1. The normalized spacial score (nSPS) is 12.1. The summed E-state index contributed by atoms with van der Waals surface area (Å²) < 4.78 is 192. The molecule has 0 saturated heterocycles. The Labute approximate surface area is 533 Å². The van der Waals surface area contributed by atoms with Gasteiger partial charge >= 0.3 is 219 Å². The summed E-state index contributed by atoms with van der Waals surface area (Å²) in [6.07, 6.45) is -1.24. The molecule has 24 nitrogen and oxygen atoms in total. The number of benzene rings is 4. The summed E-state index contributed by atoms with van der Waals surface area (Å²) in [5.74, 6) is -2.05. The summed E-state index contributed by atoms with van der Waals surface area (Å²) in [5.41, 5.74) is -0.263. The van der Waals surface area contributed by atoms with Crippen molar-refractivity contribution in [1.82, 2.24) is 9.97 Å². The Balaban J connectivity index is 0.00000769. The van der Waals surface area contributed by atoms with Gasteiger partial charge in [0.05, 0.1) is 36.7 Å². The van der Waals surface area contributed by atoms with Crippen molar-refractivity contribution in [3.05, 3.63) is 65.3 Å². The molecule has 63 heavy (non-hydrogen) atoms. The van der Waals surface area contributed by atoms with Crippen LogP contribution in [-0.2, 0) is 50.6 Å². The molecular formula is C27H15ClFK3N8Na2O16S5. The van der Waals surface area contributed by atoms with Crippen molar-refractivity contribution < 1.29 is 288 Å². The molecule has 0 aliphatic heterocycles. The van der Waals surface area contributed by atoms with Crippen LogP contribution in [0.2, 0.25) is 5.02 Å². The van der Waals surface area contributed by atoms with Gasteiger partial charge < -0.3 is 34.4 Å². The van der Waals surface area contributed by atoms with Crippen LogP contribution in [-0.4, -0.2) is 74.8 Å². The van der Waals surface area contributed by atoms with Crippen LogP contribution in [0.3, 0.4) is 0 Å². The standard InChI is InChI=1S/C27H20ClFN8O16S5.3K.2Na/c1-10-21(28)26(33-27(29)31-10)32-12-2-4-16(55(42,43)44)14(8-12)34-37-24-19(58(51,52)53)7-11-6-18(57(48,49)50)23(22(30)20(11)25(24)38)36-35-15-9-13(54(39,40)41)3-5-17(15)56(45,46)47;;;;;/h2-9,38H,30H2,1H3,(H,31,32,33)(H,39,40,41)(H,42,43,44)(H,45,46,47)(H,48,49,50)(H,51,52,53);;;;;/q;5*+1/p-5. The van der Waals surface area contributed by atoms with Crippen molar-refractivity contribution in [3.63, 3.8) is 0 Å². The minimum absolute atomic E-state index is 0. The first kappa shape index (κ1) is 64.5. The Morgan fingerprint density at radius 3 is 1.65 bits per heavy atom. The minimum Gasteiger partial charge on any atom is -0.870 e. The summed E-state index contributed by atoms with van der Waals surface area (Å²) in [5, 5.41) is 27.9. The Morgan fingerprint density at radius 1 is 0.683 bits per heavy atom. The smallest absolute Gasteiger partial charge is 0.870 e. The number of nitrogens with zero attached hydrogens (tertiary/aromatic N) is 6. The van der Waals surface area contributed by atoms with Crippen molar-refractivity contribution >= 4 is 113 Å². The van der Waals surface area contributed by atoms with Gasteiger partial charge in [-0.2, -0.15) is 17.8 Å². The largest absolute Gasteiger partial charge is 1.00 e. The number of aryl methyl sites for hydroxylation is 1. The second-order valence-electron chi connectivity index (χ2n) is 11.2. The average Bonchev–Trinajstić information content (AvgIpc) is 3.07. The maximum Gasteiger partial charge on any atom is 1.00 e. The number of azo groups is 2. The van der Waals surface area contributed by atoms with Gasteiger partial charge in [-0.15, -0.1) is 20.5 Å². The molecule has 0 bridgehead atoms. The maximum atomic E-state index is 13.9. The maximum absolute atomic E-state index is 13.9. The Kier molecular flexibility index (Phi) is 25.1. The fraction of sp³-hybridized carbons (Fsp3) is 0.0370. The average molecular weight is 1090 g/mol. The molecule has 4 N–H and O–H groups in total. The Morgan fingerprint density at radius 2 is 1.16 bits per heavy atom. The van der Waals surface area contributed by atoms with Gasteiger partial charge in [-0.1, -0.05) is 17.4 Å². The fourth-order valence-electron chi connectivity index (χ4n) is 4.86. The van der Waals surface area contributed by atoms with E-state index in [1.54, 1.807) is 0 Å². The van der Waals surface area contributed by atoms with Crippen LogP contribution in [0, 0.1) is 13.0 Å². The van der Waals surface area contributed by atoms with Gasteiger partial charge in [-0.25, -0.2) is 38.7 Å². The number of hydrogen-bond acceptors (Lipinski definition) is 23. The fourth-order valence-corrected chi connectivity index (χ4v) is 7.98. The number of nitrogen functional groups attached to an aromatic ring is 1. The molecule has 308 valence electrons. The van der Waals surface area contributed by atoms with Crippen LogP contribution >= 0.6 is 11.6 Å². The van der Waals surface area contributed by atoms with Crippen molar-refractivity contribution in [2.45, 2.75) is 31.4 Å². The van der Waals surface area contributed by atoms with E-state index in [1.165, 1.54) is 6.92 Å². The molecule has 0 amide bonds. The van der Waals surface area contributed by atoms with Crippen molar-refractivity contribution in [3.8, 4) is 5.75 Å². The van der Waals surface area contributed by atoms with Crippen LogP contribution < -0.4 is 229 Å². The third-order valence-corrected chi connectivity index (χ3v) is 12.1. The number of anilines is 3. The molecular weight excluding hydrogens is 1070 g/mol. The van der Waals surface area contributed by atoms with Crippen LogP contribution in [0.25, 0.3) is 10.8 Å². The number of rotatable bonds is 11. The predicted molar refractivity (Wildman–Crippen MR) is 186 cm³/mol. The molecule has 1 heterocycles. The molecule has 5 aromatic rings. The van der Waals surface area contributed by atoms with E-state index >= 15 is 0 Å². The van der Waals surface area contributed by atoms with Gasteiger partial charge in [0, 0.05) is 11.1 Å². The van der Waals surface area contributed by atoms with Gasteiger partial charge in [-0.05, 0) is 60.8 Å². The van der Waals surface area contributed by atoms with Gasteiger partial charge in [-0.3, -0.25) is 4.55 Å². The van der Waals surface area contributed by atoms with E-state index in [1.807, 2.05) is 0 Å².